The molecular formula is C22H29N3O2. The number of aryl methyl sites for hydroxylation is 1. The highest BCUT2D eigenvalue weighted by atomic mass is 16.5. The van der Waals surface area contributed by atoms with Gasteiger partial charge in [0.2, 0.25) is 0 Å². The Morgan fingerprint density at radius 2 is 1.78 bits per heavy atom. The number of benzene rings is 2. The standard InChI is InChI=1S/C22H29N3O2/c1-18-6-8-20(9-7-18)17-23-22(26)25-14-12-24(13-15-25)11-10-19-4-3-5-21(16-19)27-2/h3-9,16H,10-15,17H2,1-2H3,(H,23,26). The number of hydrogen-bond donors (Lipinski definition) is 1. The number of piperazine rings is 1. The highest BCUT2D eigenvalue weighted by Gasteiger charge is 2.20. The van der Waals surface area contributed by atoms with Crippen LogP contribution in [0.15, 0.2) is 48.5 Å². The van der Waals surface area contributed by atoms with Gasteiger partial charge in [0.25, 0.3) is 0 Å². The van der Waals surface area contributed by atoms with E-state index in [0.29, 0.717) is 6.54 Å². The molecule has 0 aliphatic carbocycles. The summed E-state index contributed by atoms with van der Waals surface area (Å²) in [7, 11) is 1.70. The first-order chi connectivity index (χ1) is 13.1. The Labute approximate surface area is 161 Å². The highest BCUT2D eigenvalue weighted by molar-refractivity contribution is 5.74. The molecule has 0 saturated carbocycles. The summed E-state index contributed by atoms with van der Waals surface area (Å²) in [5.41, 5.74) is 3.65. The third-order valence-electron chi connectivity index (χ3n) is 5.07. The fraction of sp³-hybridized carbons (Fsp3) is 0.409. The van der Waals surface area contributed by atoms with E-state index < -0.39 is 0 Å². The van der Waals surface area contributed by atoms with Crippen LogP contribution in [0.2, 0.25) is 0 Å². The molecule has 144 valence electrons. The van der Waals surface area contributed by atoms with E-state index in [1.54, 1.807) is 7.11 Å². The second-order valence-corrected chi connectivity index (χ2v) is 7.07. The maximum Gasteiger partial charge on any atom is 0.317 e. The first-order valence-corrected chi connectivity index (χ1v) is 9.57. The van der Waals surface area contributed by atoms with Gasteiger partial charge in [0.1, 0.15) is 5.75 Å². The first-order valence-electron chi connectivity index (χ1n) is 9.57. The number of carbonyl (C=O) groups excluding carboxylic acids is 1. The van der Waals surface area contributed by atoms with Crippen LogP contribution in [0.5, 0.6) is 5.75 Å². The molecule has 27 heavy (non-hydrogen) atoms. The quantitative estimate of drug-likeness (QED) is 0.853. The Morgan fingerprint density at radius 3 is 2.48 bits per heavy atom. The summed E-state index contributed by atoms with van der Waals surface area (Å²) in [6, 6.07) is 16.5. The number of rotatable bonds is 6. The fourth-order valence-corrected chi connectivity index (χ4v) is 3.29. The maximum absolute atomic E-state index is 12.4. The van der Waals surface area contributed by atoms with Crippen molar-refractivity contribution < 1.29 is 9.53 Å². The monoisotopic (exact) mass is 367 g/mol. The molecule has 1 saturated heterocycles. The Morgan fingerprint density at radius 1 is 1.04 bits per heavy atom. The van der Waals surface area contributed by atoms with E-state index >= 15 is 0 Å². The van der Waals surface area contributed by atoms with Crippen LogP contribution >= 0.6 is 0 Å². The minimum Gasteiger partial charge on any atom is -0.497 e. The van der Waals surface area contributed by atoms with E-state index in [1.807, 2.05) is 17.0 Å². The minimum atomic E-state index is 0.0306. The van der Waals surface area contributed by atoms with Gasteiger partial charge in [-0.15, -0.1) is 0 Å². The number of hydrogen-bond acceptors (Lipinski definition) is 3. The second kappa shape index (κ2) is 9.42. The highest BCUT2D eigenvalue weighted by Crippen LogP contribution is 2.14. The van der Waals surface area contributed by atoms with Crippen LogP contribution in [-0.4, -0.2) is 55.7 Å². The van der Waals surface area contributed by atoms with Gasteiger partial charge in [-0.2, -0.15) is 0 Å². The molecule has 2 aromatic carbocycles. The molecule has 2 amide bonds. The van der Waals surface area contributed by atoms with Gasteiger partial charge in [0.15, 0.2) is 0 Å². The van der Waals surface area contributed by atoms with Crippen LogP contribution in [0.25, 0.3) is 0 Å². The number of carbonyl (C=O) groups is 1. The molecule has 5 heteroatoms. The van der Waals surface area contributed by atoms with Crippen molar-refractivity contribution in [1.82, 2.24) is 15.1 Å². The lowest BCUT2D eigenvalue weighted by Crippen LogP contribution is -2.51. The molecule has 1 fully saturated rings. The fourth-order valence-electron chi connectivity index (χ4n) is 3.29. The summed E-state index contributed by atoms with van der Waals surface area (Å²) in [6.07, 6.45) is 0.997. The molecule has 3 rings (SSSR count). The third kappa shape index (κ3) is 5.73. The van der Waals surface area contributed by atoms with E-state index in [9.17, 15) is 4.79 Å². The smallest absolute Gasteiger partial charge is 0.317 e. The number of ether oxygens (including phenoxy) is 1. The average Bonchev–Trinajstić information content (AvgIpc) is 2.72. The van der Waals surface area contributed by atoms with E-state index in [0.717, 1.165) is 50.5 Å². The van der Waals surface area contributed by atoms with E-state index in [-0.39, 0.29) is 6.03 Å². The molecule has 0 bridgehead atoms. The van der Waals surface area contributed by atoms with Gasteiger partial charge in [-0.3, -0.25) is 4.90 Å². The summed E-state index contributed by atoms with van der Waals surface area (Å²) in [6.45, 7) is 7.04. The zero-order valence-corrected chi connectivity index (χ0v) is 16.3. The molecule has 1 aliphatic heterocycles. The molecule has 0 aromatic heterocycles. The average molecular weight is 367 g/mol. The third-order valence-corrected chi connectivity index (χ3v) is 5.07. The molecule has 5 nitrogen and oxygen atoms in total. The van der Waals surface area contributed by atoms with Crippen molar-refractivity contribution in [3.8, 4) is 5.75 Å². The lowest BCUT2D eigenvalue weighted by atomic mass is 10.1. The van der Waals surface area contributed by atoms with Crippen molar-refractivity contribution in [3.05, 3.63) is 65.2 Å². The summed E-state index contributed by atoms with van der Waals surface area (Å²) in [4.78, 5) is 16.7. The lowest BCUT2D eigenvalue weighted by molar-refractivity contribution is 0.140. The van der Waals surface area contributed by atoms with E-state index in [1.165, 1.54) is 11.1 Å². The summed E-state index contributed by atoms with van der Waals surface area (Å²) in [5, 5.41) is 3.03. The lowest BCUT2D eigenvalue weighted by Gasteiger charge is -2.34. The SMILES string of the molecule is COc1cccc(CCN2CCN(C(=O)NCc3ccc(C)cc3)CC2)c1. The van der Waals surface area contributed by atoms with Crippen molar-refractivity contribution in [3.63, 3.8) is 0 Å². The van der Waals surface area contributed by atoms with Gasteiger partial charge >= 0.3 is 6.03 Å². The maximum atomic E-state index is 12.4. The number of methoxy groups -OCH3 is 1. The van der Waals surface area contributed by atoms with Crippen molar-refractivity contribution in [2.45, 2.75) is 19.9 Å². The van der Waals surface area contributed by atoms with Crippen LogP contribution in [0.4, 0.5) is 4.79 Å². The Kier molecular flexibility index (Phi) is 6.71. The number of nitrogens with zero attached hydrogens (tertiary/aromatic N) is 2. The van der Waals surface area contributed by atoms with Crippen LogP contribution in [-0.2, 0) is 13.0 Å². The molecule has 1 N–H and O–H groups in total. The molecule has 1 heterocycles. The van der Waals surface area contributed by atoms with Gasteiger partial charge in [0, 0.05) is 39.3 Å². The van der Waals surface area contributed by atoms with Crippen molar-refractivity contribution in [2.24, 2.45) is 0 Å². The minimum absolute atomic E-state index is 0.0306. The van der Waals surface area contributed by atoms with Crippen LogP contribution in [0.3, 0.4) is 0 Å². The number of amides is 2. The zero-order chi connectivity index (χ0) is 19.1. The van der Waals surface area contributed by atoms with Crippen LogP contribution < -0.4 is 10.1 Å². The molecule has 0 unspecified atom stereocenters. The van der Waals surface area contributed by atoms with Gasteiger partial charge in [-0.1, -0.05) is 42.0 Å². The summed E-state index contributed by atoms with van der Waals surface area (Å²) in [5.74, 6) is 0.905. The predicted molar refractivity (Wildman–Crippen MR) is 108 cm³/mol. The van der Waals surface area contributed by atoms with Crippen molar-refractivity contribution in [2.75, 3.05) is 39.8 Å². The normalized spacial score (nSPS) is 14.8. The molecule has 0 spiro atoms. The van der Waals surface area contributed by atoms with Crippen molar-refractivity contribution >= 4 is 6.03 Å². The van der Waals surface area contributed by atoms with Crippen molar-refractivity contribution in [1.29, 1.82) is 0 Å². The van der Waals surface area contributed by atoms with Gasteiger partial charge in [-0.25, -0.2) is 4.79 Å². The van der Waals surface area contributed by atoms with Gasteiger partial charge < -0.3 is 15.0 Å². The first kappa shape index (κ1) is 19.2. The summed E-state index contributed by atoms with van der Waals surface area (Å²) < 4.78 is 5.28. The Balaban J connectivity index is 1.38. The van der Waals surface area contributed by atoms with E-state index in [2.05, 4.69) is 53.5 Å². The number of urea groups is 1. The molecule has 0 atom stereocenters. The van der Waals surface area contributed by atoms with E-state index in [4.69, 9.17) is 4.74 Å². The summed E-state index contributed by atoms with van der Waals surface area (Å²) >= 11 is 0. The molecular weight excluding hydrogens is 338 g/mol. The molecule has 2 aromatic rings. The largest absolute Gasteiger partial charge is 0.497 e. The molecule has 1 aliphatic rings. The van der Waals surface area contributed by atoms with Gasteiger partial charge in [-0.05, 0) is 36.6 Å². The Bertz CT molecular complexity index is 737. The zero-order valence-electron chi connectivity index (χ0n) is 16.3. The van der Waals surface area contributed by atoms with Crippen LogP contribution in [0.1, 0.15) is 16.7 Å². The topological polar surface area (TPSA) is 44.8 Å². The molecule has 0 radical (unpaired) electrons. The van der Waals surface area contributed by atoms with Crippen LogP contribution in [0, 0.1) is 6.92 Å². The Hall–Kier alpha value is -2.53. The second-order valence-electron chi connectivity index (χ2n) is 7.07. The van der Waals surface area contributed by atoms with Gasteiger partial charge in [0.05, 0.1) is 7.11 Å². The number of nitrogens with one attached hydrogen (secondary N) is 1. The predicted octanol–water partition coefficient (Wildman–Crippen LogP) is 3.07.